The molecule has 0 atom stereocenters. The van der Waals surface area contributed by atoms with Gasteiger partial charge < -0.3 is 19.9 Å². The molecule has 2 aromatic carbocycles. The number of anilines is 3. The average Bonchev–Trinajstić information content (AvgIpc) is 2.67. The molecular formula is C23H29N3O3. The zero-order chi connectivity index (χ0) is 21.2. The van der Waals surface area contributed by atoms with Crippen molar-refractivity contribution in [2.75, 3.05) is 42.4 Å². The Morgan fingerprint density at radius 1 is 1.17 bits per heavy atom. The summed E-state index contributed by atoms with van der Waals surface area (Å²) in [6, 6.07) is 13.3. The SMILES string of the molecule is Cc1cc(C(=O)OCCCN2C(=O)C(C)(C)Nc3ccccc32)ccc1N(C)C. The minimum absolute atomic E-state index is 0.0115. The molecule has 0 aromatic heterocycles. The van der Waals surface area contributed by atoms with E-state index in [0.29, 0.717) is 18.5 Å². The molecule has 0 bridgehead atoms. The third-order valence-corrected chi connectivity index (χ3v) is 5.10. The number of amides is 1. The first-order chi connectivity index (χ1) is 13.7. The maximum Gasteiger partial charge on any atom is 0.338 e. The Labute approximate surface area is 172 Å². The van der Waals surface area contributed by atoms with E-state index in [1.807, 2.05) is 76.2 Å². The van der Waals surface area contributed by atoms with Crippen LogP contribution < -0.4 is 15.1 Å². The van der Waals surface area contributed by atoms with E-state index in [1.54, 1.807) is 11.0 Å². The third kappa shape index (κ3) is 4.36. The standard InChI is InChI=1S/C23H29N3O3/c1-16-15-17(11-12-19(16)25(4)5)21(27)29-14-8-13-26-20-10-7-6-9-18(20)24-23(2,3)22(26)28/h6-7,9-12,15,24H,8,13-14H2,1-5H3. The van der Waals surface area contributed by atoms with Gasteiger partial charge in [-0.1, -0.05) is 12.1 Å². The van der Waals surface area contributed by atoms with E-state index in [1.165, 1.54) is 0 Å². The van der Waals surface area contributed by atoms with Crippen molar-refractivity contribution in [3.05, 3.63) is 53.6 Å². The van der Waals surface area contributed by atoms with Crippen molar-refractivity contribution in [2.45, 2.75) is 32.7 Å². The number of carbonyl (C=O) groups is 2. The van der Waals surface area contributed by atoms with E-state index < -0.39 is 5.54 Å². The van der Waals surface area contributed by atoms with Crippen molar-refractivity contribution in [1.82, 2.24) is 0 Å². The van der Waals surface area contributed by atoms with Crippen LogP contribution in [0.25, 0.3) is 0 Å². The van der Waals surface area contributed by atoms with Crippen LogP contribution >= 0.6 is 0 Å². The molecule has 3 rings (SSSR count). The van der Waals surface area contributed by atoms with E-state index in [0.717, 1.165) is 22.6 Å². The minimum Gasteiger partial charge on any atom is -0.462 e. The predicted octanol–water partition coefficient (Wildman–Crippen LogP) is 3.85. The summed E-state index contributed by atoms with van der Waals surface area (Å²) in [6.07, 6.45) is 0.566. The Bertz CT molecular complexity index is 921. The van der Waals surface area contributed by atoms with Gasteiger partial charge in [-0.25, -0.2) is 4.79 Å². The second-order valence-corrected chi connectivity index (χ2v) is 8.11. The van der Waals surface area contributed by atoms with Crippen LogP contribution in [-0.2, 0) is 9.53 Å². The van der Waals surface area contributed by atoms with Crippen molar-refractivity contribution in [1.29, 1.82) is 0 Å². The molecule has 29 heavy (non-hydrogen) atoms. The van der Waals surface area contributed by atoms with E-state index >= 15 is 0 Å². The van der Waals surface area contributed by atoms with E-state index in [2.05, 4.69) is 5.32 Å². The van der Waals surface area contributed by atoms with Crippen LogP contribution in [-0.4, -0.2) is 44.7 Å². The maximum absolute atomic E-state index is 12.8. The second-order valence-electron chi connectivity index (χ2n) is 8.11. The molecule has 0 aliphatic carbocycles. The number of benzene rings is 2. The van der Waals surface area contributed by atoms with Crippen LogP contribution in [0.5, 0.6) is 0 Å². The fourth-order valence-corrected chi connectivity index (χ4v) is 3.63. The van der Waals surface area contributed by atoms with E-state index in [9.17, 15) is 9.59 Å². The topological polar surface area (TPSA) is 61.9 Å². The van der Waals surface area contributed by atoms with Gasteiger partial charge >= 0.3 is 5.97 Å². The summed E-state index contributed by atoms with van der Waals surface area (Å²) in [5, 5.41) is 3.28. The van der Waals surface area contributed by atoms with Crippen molar-refractivity contribution >= 4 is 28.9 Å². The Morgan fingerprint density at radius 2 is 1.90 bits per heavy atom. The van der Waals surface area contributed by atoms with Gasteiger partial charge in [0.25, 0.3) is 5.91 Å². The highest BCUT2D eigenvalue weighted by atomic mass is 16.5. The van der Waals surface area contributed by atoms with Crippen LogP contribution in [0.15, 0.2) is 42.5 Å². The highest BCUT2D eigenvalue weighted by molar-refractivity contribution is 6.07. The molecule has 0 radical (unpaired) electrons. The largest absolute Gasteiger partial charge is 0.462 e. The first kappa shape index (κ1) is 20.7. The third-order valence-electron chi connectivity index (χ3n) is 5.10. The van der Waals surface area contributed by atoms with Crippen LogP contribution in [0.2, 0.25) is 0 Å². The molecule has 6 nitrogen and oxygen atoms in total. The molecule has 0 saturated heterocycles. The monoisotopic (exact) mass is 395 g/mol. The number of rotatable bonds is 6. The summed E-state index contributed by atoms with van der Waals surface area (Å²) < 4.78 is 5.44. The maximum atomic E-state index is 12.8. The van der Waals surface area contributed by atoms with Crippen molar-refractivity contribution in [3.8, 4) is 0 Å². The number of fused-ring (bicyclic) bond motifs is 1. The number of hydrogen-bond donors (Lipinski definition) is 1. The Balaban J connectivity index is 1.60. The van der Waals surface area contributed by atoms with Gasteiger partial charge in [-0.2, -0.15) is 0 Å². The number of esters is 1. The smallest absolute Gasteiger partial charge is 0.338 e. The fraction of sp³-hybridized carbons (Fsp3) is 0.391. The summed E-state index contributed by atoms with van der Waals surface area (Å²) in [7, 11) is 3.94. The van der Waals surface area contributed by atoms with Crippen molar-refractivity contribution < 1.29 is 14.3 Å². The van der Waals surface area contributed by atoms with Crippen molar-refractivity contribution in [2.24, 2.45) is 0 Å². The lowest BCUT2D eigenvalue weighted by Gasteiger charge is -2.40. The summed E-state index contributed by atoms with van der Waals surface area (Å²) in [6.45, 7) is 6.47. The molecule has 0 saturated carbocycles. The molecular weight excluding hydrogens is 366 g/mol. The lowest BCUT2D eigenvalue weighted by atomic mass is 9.98. The quantitative estimate of drug-likeness (QED) is 0.595. The normalized spacial score (nSPS) is 14.8. The lowest BCUT2D eigenvalue weighted by Crippen LogP contribution is -2.54. The molecule has 0 fully saturated rings. The highest BCUT2D eigenvalue weighted by Gasteiger charge is 2.38. The molecule has 1 N–H and O–H groups in total. The number of carbonyl (C=O) groups excluding carboxylic acids is 2. The van der Waals surface area contributed by atoms with Gasteiger partial charge in [-0.3, -0.25) is 4.79 Å². The molecule has 0 unspecified atom stereocenters. The molecule has 2 aromatic rings. The van der Waals surface area contributed by atoms with Crippen LogP contribution in [0, 0.1) is 6.92 Å². The Kier molecular flexibility index (Phi) is 5.82. The van der Waals surface area contributed by atoms with Crippen molar-refractivity contribution in [3.63, 3.8) is 0 Å². The molecule has 1 amide bonds. The van der Waals surface area contributed by atoms with Gasteiger partial charge in [0, 0.05) is 26.3 Å². The molecule has 1 aliphatic heterocycles. The van der Waals surface area contributed by atoms with Gasteiger partial charge in [0.2, 0.25) is 0 Å². The fourth-order valence-electron chi connectivity index (χ4n) is 3.63. The number of ether oxygens (including phenoxy) is 1. The van der Waals surface area contributed by atoms with Crippen LogP contribution in [0.3, 0.4) is 0 Å². The first-order valence-corrected chi connectivity index (χ1v) is 9.85. The number of nitrogens with one attached hydrogen (secondary N) is 1. The van der Waals surface area contributed by atoms with Gasteiger partial charge in [-0.05, 0) is 63.1 Å². The van der Waals surface area contributed by atoms with Gasteiger partial charge in [0.1, 0.15) is 5.54 Å². The summed E-state index contributed by atoms with van der Waals surface area (Å²) in [5.41, 5.74) is 3.76. The second kappa shape index (κ2) is 8.15. The number of hydrogen-bond acceptors (Lipinski definition) is 5. The van der Waals surface area contributed by atoms with Crippen LogP contribution in [0.1, 0.15) is 36.2 Å². The number of aryl methyl sites for hydroxylation is 1. The zero-order valence-electron chi connectivity index (χ0n) is 17.8. The summed E-state index contributed by atoms with van der Waals surface area (Å²) in [4.78, 5) is 29.0. The Hall–Kier alpha value is -3.02. The Morgan fingerprint density at radius 3 is 2.59 bits per heavy atom. The summed E-state index contributed by atoms with van der Waals surface area (Å²) >= 11 is 0. The molecule has 6 heteroatoms. The number of nitrogens with zero attached hydrogens (tertiary/aromatic N) is 2. The first-order valence-electron chi connectivity index (χ1n) is 9.85. The van der Waals surface area contributed by atoms with Gasteiger partial charge in [0.15, 0.2) is 0 Å². The van der Waals surface area contributed by atoms with Gasteiger partial charge in [0.05, 0.1) is 23.5 Å². The highest BCUT2D eigenvalue weighted by Crippen LogP contribution is 2.35. The minimum atomic E-state index is -0.670. The molecule has 1 heterocycles. The van der Waals surface area contributed by atoms with Crippen LogP contribution in [0.4, 0.5) is 17.1 Å². The number of para-hydroxylation sites is 2. The van der Waals surface area contributed by atoms with E-state index in [4.69, 9.17) is 4.74 Å². The lowest BCUT2D eigenvalue weighted by molar-refractivity contribution is -0.122. The zero-order valence-corrected chi connectivity index (χ0v) is 17.8. The van der Waals surface area contributed by atoms with Gasteiger partial charge in [-0.15, -0.1) is 0 Å². The molecule has 1 aliphatic rings. The summed E-state index contributed by atoms with van der Waals surface area (Å²) in [5.74, 6) is -0.330. The molecule has 0 spiro atoms. The predicted molar refractivity (Wildman–Crippen MR) is 117 cm³/mol. The van der Waals surface area contributed by atoms with E-state index in [-0.39, 0.29) is 18.5 Å². The average molecular weight is 396 g/mol. The molecule has 154 valence electrons.